The Morgan fingerprint density at radius 1 is 1.07 bits per heavy atom. The molecule has 1 nitrogen and oxygen atoms in total. The Morgan fingerprint density at radius 2 is 1.67 bits per heavy atom. The highest BCUT2D eigenvalue weighted by Gasteiger charge is 2.34. The fourth-order valence-corrected chi connectivity index (χ4v) is 1.12. The molecule has 15 heavy (non-hydrogen) atoms. The van der Waals surface area contributed by atoms with Crippen molar-refractivity contribution < 1.29 is 17.6 Å². The highest BCUT2D eigenvalue weighted by Crippen LogP contribution is 2.33. The van der Waals surface area contributed by atoms with Crippen LogP contribution in [0.25, 0.3) is 11.0 Å². The lowest BCUT2D eigenvalue weighted by atomic mass is 10.2. The van der Waals surface area contributed by atoms with Gasteiger partial charge >= 0.3 is 6.18 Å². The van der Waals surface area contributed by atoms with Crippen molar-refractivity contribution in [1.82, 2.24) is 0 Å². The van der Waals surface area contributed by atoms with E-state index in [0.717, 1.165) is 6.07 Å². The average molecular weight is 216 g/mol. The van der Waals surface area contributed by atoms with E-state index in [1.165, 1.54) is 6.07 Å². The van der Waals surface area contributed by atoms with Crippen molar-refractivity contribution in [1.29, 1.82) is 0 Å². The van der Waals surface area contributed by atoms with Crippen molar-refractivity contribution in [3.63, 3.8) is 0 Å². The lowest BCUT2D eigenvalue weighted by Gasteiger charge is -1.98. The van der Waals surface area contributed by atoms with Crippen LogP contribution in [0.15, 0.2) is 34.7 Å². The number of hydrogen-bond acceptors (Lipinski definition) is 1. The first-order chi connectivity index (χ1) is 7.07. The molecule has 0 radical (unpaired) electrons. The van der Waals surface area contributed by atoms with Gasteiger partial charge in [-0.2, -0.15) is 13.2 Å². The van der Waals surface area contributed by atoms with Crippen LogP contribution < -0.4 is 0 Å². The van der Waals surface area contributed by atoms with Gasteiger partial charge in [-0.3, -0.25) is 0 Å². The van der Waals surface area contributed by atoms with Gasteiger partial charge in [0.15, 0.2) is 0 Å². The second-order valence-electron chi connectivity index (χ2n) is 2.65. The summed E-state index contributed by atoms with van der Waals surface area (Å²) < 4.78 is 41.0. The van der Waals surface area contributed by atoms with Crippen molar-refractivity contribution in [2.24, 2.45) is 0 Å². The van der Waals surface area contributed by atoms with E-state index >= 15 is 0 Å². The molecule has 0 aliphatic heterocycles. The van der Waals surface area contributed by atoms with Gasteiger partial charge in [0.1, 0.15) is 5.58 Å². The van der Waals surface area contributed by atoms with Crippen LogP contribution in [0.5, 0.6) is 0 Å². The predicted molar refractivity (Wildman–Crippen MR) is 52.6 cm³/mol. The van der Waals surface area contributed by atoms with Crippen LogP contribution in [0, 0.1) is 0 Å². The Labute approximate surface area is 85.5 Å². The molecule has 4 heteroatoms. The first kappa shape index (κ1) is 11.6. The molecular formula is C11H11F3O. The van der Waals surface area contributed by atoms with Gasteiger partial charge in [0.05, 0.1) is 0 Å². The second-order valence-corrected chi connectivity index (χ2v) is 2.65. The van der Waals surface area contributed by atoms with Gasteiger partial charge in [0.25, 0.3) is 0 Å². The Hall–Kier alpha value is -1.45. The van der Waals surface area contributed by atoms with E-state index in [1.807, 2.05) is 13.8 Å². The summed E-state index contributed by atoms with van der Waals surface area (Å²) in [6, 6.07) is 7.37. The average Bonchev–Trinajstić information content (AvgIpc) is 2.63. The van der Waals surface area contributed by atoms with Crippen LogP contribution in [0.4, 0.5) is 13.2 Å². The third-order valence-corrected chi connectivity index (χ3v) is 1.70. The molecule has 1 aromatic carbocycles. The van der Waals surface area contributed by atoms with Crippen molar-refractivity contribution >= 4 is 11.0 Å². The van der Waals surface area contributed by atoms with Gasteiger partial charge in [-0.25, -0.2) is 0 Å². The first-order valence-corrected chi connectivity index (χ1v) is 4.63. The molecule has 2 rings (SSSR count). The highest BCUT2D eigenvalue weighted by atomic mass is 19.4. The van der Waals surface area contributed by atoms with E-state index < -0.39 is 11.9 Å². The Morgan fingerprint density at radius 3 is 2.20 bits per heavy atom. The van der Waals surface area contributed by atoms with Crippen molar-refractivity contribution in [2.75, 3.05) is 0 Å². The number of fused-ring (bicyclic) bond motifs is 1. The third-order valence-electron chi connectivity index (χ3n) is 1.70. The predicted octanol–water partition coefficient (Wildman–Crippen LogP) is 4.48. The Kier molecular flexibility index (Phi) is 3.39. The van der Waals surface area contributed by atoms with Crippen molar-refractivity contribution in [2.45, 2.75) is 20.0 Å². The van der Waals surface area contributed by atoms with E-state index in [9.17, 15) is 13.2 Å². The zero-order valence-corrected chi connectivity index (χ0v) is 8.43. The minimum atomic E-state index is -4.40. The quantitative estimate of drug-likeness (QED) is 0.632. The van der Waals surface area contributed by atoms with Gasteiger partial charge in [0, 0.05) is 5.39 Å². The minimum Gasteiger partial charge on any atom is -0.452 e. The topological polar surface area (TPSA) is 13.1 Å². The number of halogens is 3. The molecular weight excluding hydrogens is 205 g/mol. The van der Waals surface area contributed by atoms with E-state index in [2.05, 4.69) is 4.42 Å². The SMILES string of the molecule is CC.FC(F)(F)c1cc2ccccc2o1. The van der Waals surface area contributed by atoms with Crippen LogP contribution in [0.3, 0.4) is 0 Å². The second kappa shape index (κ2) is 4.38. The molecule has 0 aliphatic carbocycles. The first-order valence-electron chi connectivity index (χ1n) is 4.63. The molecule has 0 saturated heterocycles. The minimum absolute atomic E-state index is 0.259. The maximum atomic E-state index is 12.1. The van der Waals surface area contributed by atoms with Gasteiger partial charge in [-0.1, -0.05) is 32.0 Å². The summed E-state index contributed by atoms with van der Waals surface area (Å²) >= 11 is 0. The number of rotatable bonds is 0. The maximum Gasteiger partial charge on any atom is 0.449 e. The van der Waals surface area contributed by atoms with E-state index in [1.54, 1.807) is 18.2 Å². The molecule has 0 bridgehead atoms. The summed E-state index contributed by atoms with van der Waals surface area (Å²) in [6.45, 7) is 4.00. The highest BCUT2D eigenvalue weighted by molar-refractivity contribution is 5.77. The molecule has 0 aliphatic rings. The summed E-state index contributed by atoms with van der Waals surface area (Å²) in [4.78, 5) is 0. The molecule has 2 aromatic rings. The molecule has 0 N–H and O–H groups in total. The maximum absolute atomic E-state index is 12.1. The van der Waals surface area contributed by atoms with Crippen LogP contribution >= 0.6 is 0 Å². The zero-order valence-electron chi connectivity index (χ0n) is 8.43. The van der Waals surface area contributed by atoms with Crippen molar-refractivity contribution in [3.05, 3.63) is 36.1 Å². The largest absolute Gasteiger partial charge is 0.452 e. The summed E-state index contributed by atoms with van der Waals surface area (Å²) in [5.41, 5.74) is 0.259. The van der Waals surface area contributed by atoms with Crippen LogP contribution in [0.1, 0.15) is 19.6 Å². The van der Waals surface area contributed by atoms with Crippen LogP contribution in [-0.2, 0) is 6.18 Å². The lowest BCUT2D eigenvalue weighted by Crippen LogP contribution is -2.01. The monoisotopic (exact) mass is 216 g/mol. The molecule has 1 heterocycles. The fourth-order valence-electron chi connectivity index (χ4n) is 1.12. The molecule has 0 unspecified atom stereocenters. The van der Waals surface area contributed by atoms with Crippen LogP contribution in [0.2, 0.25) is 0 Å². The number of para-hydroxylation sites is 1. The molecule has 0 atom stereocenters. The number of hydrogen-bond donors (Lipinski definition) is 0. The van der Waals surface area contributed by atoms with Gasteiger partial charge in [0.2, 0.25) is 5.76 Å². The Balaban J connectivity index is 0.000000531. The summed E-state index contributed by atoms with van der Waals surface area (Å²) in [5, 5.41) is 0.467. The number of furan rings is 1. The van der Waals surface area contributed by atoms with Gasteiger partial charge in [-0.05, 0) is 12.1 Å². The van der Waals surface area contributed by atoms with E-state index in [0.29, 0.717) is 5.39 Å². The van der Waals surface area contributed by atoms with Gasteiger partial charge < -0.3 is 4.42 Å². The van der Waals surface area contributed by atoms with Crippen molar-refractivity contribution in [3.8, 4) is 0 Å². The Bertz CT molecular complexity index is 396. The van der Waals surface area contributed by atoms with Gasteiger partial charge in [-0.15, -0.1) is 0 Å². The molecule has 1 aromatic heterocycles. The molecule has 82 valence electrons. The summed E-state index contributed by atoms with van der Waals surface area (Å²) in [5.74, 6) is -0.950. The lowest BCUT2D eigenvalue weighted by molar-refractivity contribution is -0.152. The number of benzene rings is 1. The molecule has 0 amide bonds. The zero-order chi connectivity index (χ0) is 11.5. The number of alkyl halides is 3. The molecule has 0 fully saturated rings. The normalized spacial score (nSPS) is 11.0. The summed E-state index contributed by atoms with van der Waals surface area (Å²) in [6.07, 6.45) is -4.40. The van der Waals surface area contributed by atoms with E-state index in [4.69, 9.17) is 0 Å². The fraction of sp³-hybridized carbons (Fsp3) is 0.273. The van der Waals surface area contributed by atoms with Crippen LogP contribution in [-0.4, -0.2) is 0 Å². The molecule has 0 spiro atoms. The molecule has 0 saturated carbocycles. The van der Waals surface area contributed by atoms with E-state index in [-0.39, 0.29) is 5.58 Å². The standard InChI is InChI=1S/C9H5F3O.C2H6/c10-9(11,12)8-5-6-3-1-2-4-7(6)13-8;1-2/h1-5H;1-2H3. The third kappa shape index (κ3) is 2.52. The summed E-state index contributed by atoms with van der Waals surface area (Å²) in [7, 11) is 0. The smallest absolute Gasteiger partial charge is 0.449 e.